The van der Waals surface area contributed by atoms with Crippen molar-refractivity contribution in [1.82, 2.24) is 20.4 Å². The molecule has 3 N–H and O–H groups in total. The van der Waals surface area contributed by atoms with E-state index in [0.29, 0.717) is 5.82 Å². The van der Waals surface area contributed by atoms with Crippen LogP contribution in [-0.4, -0.2) is 20.4 Å². The summed E-state index contributed by atoms with van der Waals surface area (Å²) in [6.45, 7) is 3.94. The largest absolute Gasteiger partial charge is 0.382 e. The molecule has 0 bridgehead atoms. The molecule has 0 fully saturated rings. The lowest BCUT2D eigenvalue weighted by atomic mass is 10.1. The van der Waals surface area contributed by atoms with E-state index in [-0.39, 0.29) is 0 Å². The summed E-state index contributed by atoms with van der Waals surface area (Å²) < 4.78 is 0. The number of rotatable bonds is 2. The van der Waals surface area contributed by atoms with Crippen molar-refractivity contribution in [3.63, 3.8) is 0 Å². The Morgan fingerprint density at radius 2 is 2.13 bits per heavy atom. The Kier molecular flexibility index (Phi) is 2.37. The molecule has 0 aliphatic rings. The van der Waals surface area contributed by atoms with E-state index in [4.69, 9.17) is 5.73 Å². The van der Waals surface area contributed by atoms with Gasteiger partial charge in [0.05, 0.1) is 11.4 Å². The van der Waals surface area contributed by atoms with Gasteiger partial charge in [-0.2, -0.15) is 10.2 Å². The number of aromatic nitrogens is 4. The molecule has 0 aliphatic heterocycles. The molecule has 0 amide bonds. The van der Waals surface area contributed by atoms with Crippen molar-refractivity contribution in [1.29, 1.82) is 0 Å². The Morgan fingerprint density at radius 1 is 1.33 bits per heavy atom. The fourth-order valence-corrected chi connectivity index (χ4v) is 1.48. The molecule has 5 heteroatoms. The Hall–Kier alpha value is -1.91. The molecule has 2 heterocycles. The maximum Gasteiger partial charge on any atom is 0.149 e. The van der Waals surface area contributed by atoms with Crippen molar-refractivity contribution in [2.75, 3.05) is 5.73 Å². The topological polar surface area (TPSA) is 80.5 Å². The smallest absolute Gasteiger partial charge is 0.149 e. The highest BCUT2D eigenvalue weighted by atomic mass is 15.2. The molecule has 0 spiro atoms. The highest BCUT2D eigenvalue weighted by Crippen LogP contribution is 2.23. The third-order valence-electron chi connectivity index (χ3n) is 2.31. The van der Waals surface area contributed by atoms with Gasteiger partial charge in [-0.05, 0) is 25.5 Å². The molecule has 0 aromatic carbocycles. The second-order valence-corrected chi connectivity index (χ2v) is 3.38. The lowest BCUT2D eigenvalue weighted by molar-refractivity contribution is 0.972. The number of nitrogens with two attached hydrogens (primary N) is 1. The van der Waals surface area contributed by atoms with Crippen LogP contribution in [0.15, 0.2) is 12.1 Å². The Morgan fingerprint density at radius 3 is 2.73 bits per heavy atom. The summed E-state index contributed by atoms with van der Waals surface area (Å²) in [6.07, 6.45) is 0.827. The number of aryl methyl sites for hydroxylation is 1. The van der Waals surface area contributed by atoms with Gasteiger partial charge in [0.2, 0.25) is 0 Å². The first-order valence-electron chi connectivity index (χ1n) is 4.85. The van der Waals surface area contributed by atoms with Crippen LogP contribution in [0.5, 0.6) is 0 Å². The Bertz CT molecular complexity index is 457. The summed E-state index contributed by atoms with van der Waals surface area (Å²) in [5.74, 6) is 0.537. The van der Waals surface area contributed by atoms with Crippen LogP contribution < -0.4 is 5.73 Å². The van der Waals surface area contributed by atoms with E-state index in [0.717, 1.165) is 29.1 Å². The molecule has 15 heavy (non-hydrogen) atoms. The van der Waals surface area contributed by atoms with Gasteiger partial charge in [0, 0.05) is 5.56 Å². The zero-order chi connectivity index (χ0) is 10.8. The molecule has 5 nitrogen and oxygen atoms in total. The monoisotopic (exact) mass is 203 g/mol. The van der Waals surface area contributed by atoms with Gasteiger partial charge in [0.1, 0.15) is 11.5 Å². The number of hydrogen-bond donors (Lipinski definition) is 2. The van der Waals surface area contributed by atoms with E-state index < -0.39 is 0 Å². The lowest BCUT2D eigenvalue weighted by Crippen LogP contribution is -1.94. The second kappa shape index (κ2) is 3.68. The highest BCUT2D eigenvalue weighted by molar-refractivity contribution is 5.64. The predicted molar refractivity (Wildman–Crippen MR) is 58.1 cm³/mol. The van der Waals surface area contributed by atoms with E-state index in [1.807, 2.05) is 26.0 Å². The summed E-state index contributed by atoms with van der Waals surface area (Å²) in [5, 5.41) is 14.9. The van der Waals surface area contributed by atoms with Gasteiger partial charge in [-0.3, -0.25) is 5.10 Å². The number of nitrogens with zero attached hydrogens (tertiary/aromatic N) is 3. The maximum absolute atomic E-state index is 5.73. The van der Waals surface area contributed by atoms with Gasteiger partial charge in [-0.1, -0.05) is 6.92 Å². The first-order chi connectivity index (χ1) is 7.22. The van der Waals surface area contributed by atoms with Crippen molar-refractivity contribution >= 4 is 5.82 Å². The van der Waals surface area contributed by atoms with Crippen molar-refractivity contribution in [2.24, 2.45) is 0 Å². The number of H-pyrrole nitrogens is 1. The first kappa shape index (κ1) is 9.64. The minimum absolute atomic E-state index is 0.537. The van der Waals surface area contributed by atoms with Crippen molar-refractivity contribution in [3.05, 3.63) is 23.4 Å². The fraction of sp³-hybridized carbons (Fsp3) is 0.300. The average Bonchev–Trinajstić information content (AvgIpc) is 2.61. The highest BCUT2D eigenvalue weighted by Gasteiger charge is 2.11. The number of nitrogen functional groups attached to an aromatic ring is 1. The third-order valence-corrected chi connectivity index (χ3v) is 2.31. The predicted octanol–water partition coefficient (Wildman–Crippen LogP) is 1.32. The zero-order valence-electron chi connectivity index (χ0n) is 8.78. The molecule has 0 saturated carbocycles. The van der Waals surface area contributed by atoms with Crippen LogP contribution in [0, 0.1) is 6.92 Å². The van der Waals surface area contributed by atoms with Crippen LogP contribution in [0.2, 0.25) is 0 Å². The molecular formula is C10H13N5. The minimum Gasteiger partial charge on any atom is -0.382 e. The van der Waals surface area contributed by atoms with Crippen LogP contribution in [0.4, 0.5) is 5.82 Å². The van der Waals surface area contributed by atoms with Crippen molar-refractivity contribution in [3.8, 4) is 11.4 Å². The molecule has 0 saturated heterocycles. The summed E-state index contributed by atoms with van der Waals surface area (Å²) in [7, 11) is 0. The molecule has 0 unspecified atom stereocenters. The third kappa shape index (κ3) is 1.68. The maximum atomic E-state index is 5.73. The van der Waals surface area contributed by atoms with Gasteiger partial charge in [-0.15, -0.1) is 5.10 Å². The summed E-state index contributed by atoms with van der Waals surface area (Å²) in [5.41, 5.74) is 9.26. The van der Waals surface area contributed by atoms with E-state index in [1.165, 1.54) is 0 Å². The van der Waals surface area contributed by atoms with E-state index >= 15 is 0 Å². The fourth-order valence-electron chi connectivity index (χ4n) is 1.48. The van der Waals surface area contributed by atoms with Crippen LogP contribution in [0.25, 0.3) is 11.4 Å². The molecule has 2 rings (SSSR count). The lowest BCUT2D eigenvalue weighted by Gasteiger charge is -1.99. The van der Waals surface area contributed by atoms with E-state index in [1.54, 1.807) is 0 Å². The minimum atomic E-state index is 0.537. The molecule has 0 aliphatic carbocycles. The van der Waals surface area contributed by atoms with E-state index in [9.17, 15) is 0 Å². The van der Waals surface area contributed by atoms with E-state index in [2.05, 4.69) is 20.4 Å². The first-order valence-corrected chi connectivity index (χ1v) is 4.85. The van der Waals surface area contributed by atoms with Gasteiger partial charge in [0.15, 0.2) is 0 Å². The zero-order valence-corrected chi connectivity index (χ0v) is 8.78. The van der Waals surface area contributed by atoms with Gasteiger partial charge in [-0.25, -0.2) is 0 Å². The standard InChI is InChI=1S/C10H13N5/c1-3-7-9(14-15-10(7)11)8-5-4-6(2)12-13-8/h4-5H,3H2,1-2H3,(H3,11,14,15). The molecule has 2 aromatic rings. The summed E-state index contributed by atoms with van der Waals surface area (Å²) in [6, 6.07) is 3.83. The summed E-state index contributed by atoms with van der Waals surface area (Å²) >= 11 is 0. The average molecular weight is 203 g/mol. The molecule has 0 radical (unpaired) electrons. The quantitative estimate of drug-likeness (QED) is 0.771. The van der Waals surface area contributed by atoms with Gasteiger partial charge in [0.25, 0.3) is 0 Å². The molecule has 0 atom stereocenters. The van der Waals surface area contributed by atoms with Crippen LogP contribution in [0.1, 0.15) is 18.2 Å². The number of aromatic amines is 1. The number of anilines is 1. The molecular weight excluding hydrogens is 190 g/mol. The van der Waals surface area contributed by atoms with Gasteiger partial charge >= 0.3 is 0 Å². The van der Waals surface area contributed by atoms with Gasteiger partial charge < -0.3 is 5.73 Å². The molecule has 2 aromatic heterocycles. The second-order valence-electron chi connectivity index (χ2n) is 3.38. The Labute approximate surface area is 87.7 Å². The van der Waals surface area contributed by atoms with Crippen LogP contribution in [0.3, 0.4) is 0 Å². The summed E-state index contributed by atoms with van der Waals surface area (Å²) in [4.78, 5) is 0. The Balaban J connectivity index is 2.49. The SMILES string of the molecule is CCc1c(N)n[nH]c1-c1ccc(C)nn1. The molecule has 78 valence electrons. The normalized spacial score (nSPS) is 10.5. The van der Waals surface area contributed by atoms with Crippen molar-refractivity contribution in [2.45, 2.75) is 20.3 Å². The van der Waals surface area contributed by atoms with Crippen LogP contribution >= 0.6 is 0 Å². The number of nitrogens with one attached hydrogen (secondary N) is 1. The van der Waals surface area contributed by atoms with Crippen LogP contribution in [-0.2, 0) is 6.42 Å². The van der Waals surface area contributed by atoms with Crippen molar-refractivity contribution < 1.29 is 0 Å². The number of hydrogen-bond acceptors (Lipinski definition) is 4.